The predicted octanol–water partition coefficient (Wildman–Crippen LogP) is 11.6. The molecule has 0 heterocycles. The van der Waals surface area contributed by atoms with Crippen molar-refractivity contribution in [3.8, 4) is 0 Å². The maximum atomic E-state index is 12.8. The SMILES string of the molecule is CCCCCCCCCC(=O)OCCCCCCCN(CCO)CCCCCCC(C)(C)C(=O)OCCCCC(CCCC)CCCC. The van der Waals surface area contributed by atoms with Crippen molar-refractivity contribution in [3.63, 3.8) is 0 Å². The Kier molecular flexibility index (Phi) is 33.5. The van der Waals surface area contributed by atoms with Gasteiger partial charge in [-0.3, -0.25) is 9.59 Å². The first kappa shape index (κ1) is 46.9. The van der Waals surface area contributed by atoms with Crippen LogP contribution in [0.25, 0.3) is 0 Å². The number of rotatable bonds is 37. The summed E-state index contributed by atoms with van der Waals surface area (Å²) in [6.45, 7) is 15.0. The molecule has 0 aromatic heterocycles. The fraction of sp³-hybridized carbons (Fsp3) is 0.952. The van der Waals surface area contributed by atoms with Crippen molar-refractivity contribution < 1.29 is 24.2 Å². The van der Waals surface area contributed by atoms with E-state index in [1.54, 1.807) is 0 Å². The van der Waals surface area contributed by atoms with Gasteiger partial charge in [-0.25, -0.2) is 0 Å². The van der Waals surface area contributed by atoms with Crippen LogP contribution in [0.3, 0.4) is 0 Å². The van der Waals surface area contributed by atoms with E-state index in [-0.39, 0.29) is 18.5 Å². The number of esters is 2. The van der Waals surface area contributed by atoms with Crippen LogP contribution in [0, 0.1) is 11.3 Å². The number of ether oxygens (including phenoxy) is 2. The Morgan fingerprint density at radius 1 is 0.562 bits per heavy atom. The van der Waals surface area contributed by atoms with Gasteiger partial charge in [-0.15, -0.1) is 0 Å². The smallest absolute Gasteiger partial charge is 0.311 e. The summed E-state index contributed by atoms with van der Waals surface area (Å²) in [7, 11) is 0. The monoisotopic (exact) mass is 682 g/mol. The van der Waals surface area contributed by atoms with E-state index in [0.29, 0.717) is 19.6 Å². The zero-order valence-corrected chi connectivity index (χ0v) is 32.9. The maximum Gasteiger partial charge on any atom is 0.311 e. The summed E-state index contributed by atoms with van der Waals surface area (Å²) in [6.07, 6.45) is 31.4. The summed E-state index contributed by atoms with van der Waals surface area (Å²) in [4.78, 5) is 27.1. The van der Waals surface area contributed by atoms with Gasteiger partial charge >= 0.3 is 11.9 Å². The summed E-state index contributed by atoms with van der Waals surface area (Å²) >= 11 is 0. The Morgan fingerprint density at radius 3 is 1.65 bits per heavy atom. The highest BCUT2D eigenvalue weighted by molar-refractivity contribution is 5.75. The first-order valence-corrected chi connectivity index (χ1v) is 21.0. The number of unbranched alkanes of at least 4 members (excludes halogenated alkanes) is 16. The van der Waals surface area contributed by atoms with Crippen molar-refractivity contribution in [2.24, 2.45) is 11.3 Å². The molecule has 0 saturated carbocycles. The number of nitrogens with zero attached hydrogens (tertiary/aromatic N) is 1. The Hall–Kier alpha value is -1.14. The fourth-order valence-electron chi connectivity index (χ4n) is 6.60. The Labute approximate surface area is 299 Å². The highest BCUT2D eigenvalue weighted by Gasteiger charge is 2.28. The summed E-state index contributed by atoms with van der Waals surface area (Å²) < 4.78 is 11.1. The standard InChI is InChI=1S/C42H83NO5/c1-6-9-12-13-14-16-21-31-40(45)47-37-26-20-15-18-24-33-43(35-36-44)34-25-19-17-23-32-42(4,5)41(46)48-38-27-22-30-39(28-10-7-2)29-11-8-3/h39,44H,6-38H2,1-5H3. The lowest BCUT2D eigenvalue weighted by atomic mass is 9.87. The molecule has 6 heteroatoms. The average Bonchev–Trinajstić information content (AvgIpc) is 3.07. The zero-order valence-electron chi connectivity index (χ0n) is 32.9. The number of hydrogen-bond donors (Lipinski definition) is 1. The van der Waals surface area contributed by atoms with E-state index in [1.165, 1.54) is 89.9 Å². The minimum Gasteiger partial charge on any atom is -0.466 e. The maximum absolute atomic E-state index is 12.8. The lowest BCUT2D eigenvalue weighted by Crippen LogP contribution is -2.29. The summed E-state index contributed by atoms with van der Waals surface area (Å²) in [5, 5.41) is 9.53. The van der Waals surface area contributed by atoms with Gasteiger partial charge in [0.25, 0.3) is 0 Å². The molecule has 0 aromatic rings. The molecule has 286 valence electrons. The van der Waals surface area contributed by atoms with Crippen LogP contribution in [0.4, 0.5) is 0 Å². The Balaban J connectivity index is 3.87. The van der Waals surface area contributed by atoms with Crippen molar-refractivity contribution in [2.75, 3.05) is 39.5 Å². The first-order chi connectivity index (χ1) is 23.3. The molecule has 0 aliphatic carbocycles. The van der Waals surface area contributed by atoms with Crippen LogP contribution in [-0.4, -0.2) is 61.4 Å². The van der Waals surface area contributed by atoms with Crippen molar-refractivity contribution in [1.29, 1.82) is 0 Å². The third-order valence-corrected chi connectivity index (χ3v) is 10.0. The number of carbonyl (C=O) groups excluding carboxylic acids is 2. The molecular formula is C42H83NO5. The molecular weight excluding hydrogens is 598 g/mol. The highest BCUT2D eigenvalue weighted by atomic mass is 16.5. The predicted molar refractivity (Wildman–Crippen MR) is 204 cm³/mol. The molecule has 0 rings (SSSR count). The van der Waals surface area contributed by atoms with Crippen molar-refractivity contribution in [1.82, 2.24) is 4.90 Å². The normalized spacial score (nSPS) is 11.9. The van der Waals surface area contributed by atoms with E-state index in [0.717, 1.165) is 103 Å². The molecule has 1 N–H and O–H groups in total. The van der Waals surface area contributed by atoms with Gasteiger partial charge in [0.15, 0.2) is 0 Å². The third kappa shape index (κ3) is 29.7. The third-order valence-electron chi connectivity index (χ3n) is 10.0. The Morgan fingerprint density at radius 2 is 1.04 bits per heavy atom. The van der Waals surface area contributed by atoms with E-state index in [4.69, 9.17) is 9.47 Å². The van der Waals surface area contributed by atoms with Gasteiger partial charge in [0.05, 0.1) is 25.2 Å². The van der Waals surface area contributed by atoms with Crippen LogP contribution in [0.15, 0.2) is 0 Å². The van der Waals surface area contributed by atoms with Gasteiger partial charge < -0.3 is 19.5 Å². The van der Waals surface area contributed by atoms with Crippen LogP contribution in [0.1, 0.15) is 208 Å². The van der Waals surface area contributed by atoms with Gasteiger partial charge in [-0.2, -0.15) is 0 Å². The minimum atomic E-state index is -0.414. The summed E-state index contributed by atoms with van der Waals surface area (Å²) in [6, 6.07) is 0. The number of aliphatic hydroxyl groups excluding tert-OH is 1. The molecule has 0 aliphatic rings. The van der Waals surface area contributed by atoms with E-state index < -0.39 is 5.41 Å². The molecule has 0 spiro atoms. The molecule has 0 unspecified atom stereocenters. The fourth-order valence-corrected chi connectivity index (χ4v) is 6.60. The van der Waals surface area contributed by atoms with Crippen LogP contribution < -0.4 is 0 Å². The second kappa shape index (κ2) is 34.3. The van der Waals surface area contributed by atoms with Crippen molar-refractivity contribution in [3.05, 3.63) is 0 Å². The van der Waals surface area contributed by atoms with E-state index in [1.807, 2.05) is 13.8 Å². The Bertz CT molecular complexity index is 704. The number of aliphatic hydroxyl groups is 1. The molecule has 0 fully saturated rings. The second-order valence-corrected chi connectivity index (χ2v) is 15.3. The quantitative estimate of drug-likeness (QED) is 0.0519. The van der Waals surface area contributed by atoms with Crippen molar-refractivity contribution >= 4 is 11.9 Å². The van der Waals surface area contributed by atoms with E-state index >= 15 is 0 Å². The van der Waals surface area contributed by atoms with Gasteiger partial charge in [0.2, 0.25) is 0 Å². The molecule has 48 heavy (non-hydrogen) atoms. The van der Waals surface area contributed by atoms with Gasteiger partial charge in [-0.1, -0.05) is 143 Å². The van der Waals surface area contributed by atoms with Gasteiger partial charge in [0, 0.05) is 13.0 Å². The van der Waals surface area contributed by atoms with Crippen LogP contribution in [-0.2, 0) is 19.1 Å². The van der Waals surface area contributed by atoms with Crippen LogP contribution >= 0.6 is 0 Å². The minimum absolute atomic E-state index is 0.0286. The van der Waals surface area contributed by atoms with Gasteiger partial charge in [0.1, 0.15) is 0 Å². The first-order valence-electron chi connectivity index (χ1n) is 21.0. The van der Waals surface area contributed by atoms with Crippen LogP contribution in [0.2, 0.25) is 0 Å². The summed E-state index contributed by atoms with van der Waals surface area (Å²) in [5.41, 5.74) is -0.414. The second-order valence-electron chi connectivity index (χ2n) is 15.3. The lowest BCUT2D eigenvalue weighted by Gasteiger charge is -2.23. The molecule has 0 aliphatic heterocycles. The van der Waals surface area contributed by atoms with Gasteiger partial charge in [-0.05, 0) is 77.8 Å². The topological polar surface area (TPSA) is 76.1 Å². The van der Waals surface area contributed by atoms with Crippen molar-refractivity contribution in [2.45, 2.75) is 208 Å². The number of hydrogen-bond acceptors (Lipinski definition) is 6. The molecule has 6 nitrogen and oxygen atoms in total. The largest absolute Gasteiger partial charge is 0.466 e. The molecule has 0 aromatic carbocycles. The average molecular weight is 682 g/mol. The van der Waals surface area contributed by atoms with Crippen LogP contribution in [0.5, 0.6) is 0 Å². The number of carbonyl (C=O) groups is 2. The molecule has 0 atom stereocenters. The summed E-state index contributed by atoms with van der Waals surface area (Å²) in [5.74, 6) is 0.779. The molecule has 0 amide bonds. The lowest BCUT2D eigenvalue weighted by molar-refractivity contribution is -0.154. The van der Waals surface area contributed by atoms with E-state index in [9.17, 15) is 14.7 Å². The molecule has 0 radical (unpaired) electrons. The zero-order chi connectivity index (χ0) is 35.6. The molecule has 0 bridgehead atoms. The van der Waals surface area contributed by atoms with E-state index in [2.05, 4.69) is 25.7 Å². The highest BCUT2D eigenvalue weighted by Crippen LogP contribution is 2.26. The molecule has 0 saturated heterocycles.